The molecule has 126 valence electrons. The molecule has 3 N–H and O–H groups in total. The summed E-state index contributed by atoms with van der Waals surface area (Å²) in [5, 5.41) is 20.6. The summed E-state index contributed by atoms with van der Waals surface area (Å²) in [6, 6.07) is 7.01. The largest absolute Gasteiger partial charge is 0.364 e. The number of nitrogens with zero attached hydrogens (tertiary/aromatic N) is 5. The average Bonchev–Trinajstić information content (AvgIpc) is 3.15. The van der Waals surface area contributed by atoms with E-state index in [1.165, 1.54) is 15.6 Å². The lowest BCUT2D eigenvalue weighted by Gasteiger charge is -2.06. The van der Waals surface area contributed by atoms with Gasteiger partial charge in [-0.05, 0) is 12.1 Å². The Labute approximate surface area is 152 Å². The van der Waals surface area contributed by atoms with Crippen molar-refractivity contribution in [1.82, 2.24) is 19.6 Å². The Kier molecular flexibility index (Phi) is 4.61. The smallest absolute Gasteiger partial charge is 0.271 e. The number of nitrogens with one attached hydrogen (secondary N) is 1. The number of hydrogen-bond acceptors (Lipinski definition) is 5. The van der Waals surface area contributed by atoms with Gasteiger partial charge in [-0.2, -0.15) is 15.5 Å². The summed E-state index contributed by atoms with van der Waals surface area (Å²) in [5.74, 6) is -0.714. The molecule has 0 bridgehead atoms. The molecular formula is C15H11Cl2N7O. The lowest BCUT2D eigenvalue weighted by Crippen LogP contribution is -2.14. The molecule has 3 aromatic rings. The van der Waals surface area contributed by atoms with Gasteiger partial charge in [0.05, 0.1) is 39.9 Å². The van der Waals surface area contributed by atoms with Crippen molar-refractivity contribution in [2.75, 3.05) is 5.32 Å². The Hall–Kier alpha value is -3.02. The van der Waals surface area contributed by atoms with Gasteiger partial charge >= 0.3 is 0 Å². The molecule has 0 fully saturated rings. The van der Waals surface area contributed by atoms with E-state index < -0.39 is 5.91 Å². The van der Waals surface area contributed by atoms with Crippen molar-refractivity contribution in [3.63, 3.8) is 0 Å². The Bertz CT molecular complexity index is 966. The predicted octanol–water partition coefficient (Wildman–Crippen LogP) is 2.74. The molecule has 0 saturated carbocycles. The second kappa shape index (κ2) is 6.84. The third-order valence-corrected chi connectivity index (χ3v) is 3.87. The maximum absolute atomic E-state index is 11.7. The van der Waals surface area contributed by atoms with Crippen LogP contribution in [0.25, 0.3) is 5.69 Å². The summed E-state index contributed by atoms with van der Waals surface area (Å²) in [6.07, 6.45) is 4.69. The van der Waals surface area contributed by atoms with Gasteiger partial charge in [-0.3, -0.25) is 9.48 Å². The minimum atomic E-state index is -0.714. The van der Waals surface area contributed by atoms with Crippen LogP contribution in [0.5, 0.6) is 0 Å². The van der Waals surface area contributed by atoms with Crippen LogP contribution >= 0.6 is 23.2 Å². The topological polar surface area (TPSA) is 115 Å². The lowest BCUT2D eigenvalue weighted by molar-refractivity contribution is 0.0996. The highest BCUT2D eigenvalue weighted by atomic mass is 35.5. The first-order chi connectivity index (χ1) is 12.0. The van der Waals surface area contributed by atoms with Gasteiger partial charge in [0.15, 0.2) is 5.69 Å². The molecule has 2 aromatic heterocycles. The van der Waals surface area contributed by atoms with E-state index in [9.17, 15) is 4.79 Å². The molecule has 1 amide bonds. The number of aromatic nitrogens is 4. The van der Waals surface area contributed by atoms with Gasteiger partial charge in [0, 0.05) is 6.20 Å². The van der Waals surface area contributed by atoms with Crippen molar-refractivity contribution < 1.29 is 4.79 Å². The molecule has 0 unspecified atom stereocenters. The number of nitrogens with two attached hydrogens (primary N) is 1. The van der Waals surface area contributed by atoms with Crippen LogP contribution in [0.3, 0.4) is 0 Å². The van der Waals surface area contributed by atoms with Gasteiger partial charge < -0.3 is 11.1 Å². The minimum absolute atomic E-state index is 0.0176. The van der Waals surface area contributed by atoms with E-state index in [2.05, 4.69) is 15.5 Å². The van der Waals surface area contributed by atoms with E-state index in [1.807, 2.05) is 6.07 Å². The first-order valence-electron chi connectivity index (χ1n) is 7.00. The van der Waals surface area contributed by atoms with Crippen molar-refractivity contribution in [1.29, 1.82) is 5.26 Å². The quantitative estimate of drug-likeness (QED) is 0.711. The zero-order valence-electron chi connectivity index (χ0n) is 12.6. The molecule has 0 aliphatic carbocycles. The fraction of sp³-hybridized carbons (Fsp3) is 0.0667. The Morgan fingerprint density at radius 1 is 1.32 bits per heavy atom. The van der Waals surface area contributed by atoms with E-state index >= 15 is 0 Å². The second-order valence-corrected chi connectivity index (χ2v) is 5.79. The van der Waals surface area contributed by atoms with Gasteiger partial charge in [0.1, 0.15) is 12.2 Å². The van der Waals surface area contributed by atoms with Crippen molar-refractivity contribution in [3.8, 4) is 11.8 Å². The van der Waals surface area contributed by atoms with Crippen LogP contribution in [0, 0.1) is 11.3 Å². The number of hydrogen-bond donors (Lipinski definition) is 2. The molecule has 1 aromatic carbocycles. The van der Waals surface area contributed by atoms with Crippen molar-refractivity contribution in [2.45, 2.75) is 6.54 Å². The number of carbonyl (C=O) groups is 1. The second-order valence-electron chi connectivity index (χ2n) is 4.98. The predicted molar refractivity (Wildman–Crippen MR) is 93.2 cm³/mol. The summed E-state index contributed by atoms with van der Waals surface area (Å²) in [4.78, 5) is 11.7. The number of nitriles is 1. The summed E-state index contributed by atoms with van der Waals surface area (Å²) in [5.41, 5.74) is 6.79. The SMILES string of the molecule is N#CCn1cc(Nc2cn(-c3c(Cl)cccc3Cl)nc2C(N)=O)cn1. The Morgan fingerprint density at radius 2 is 2.04 bits per heavy atom. The van der Waals surface area contributed by atoms with Crippen LogP contribution in [0.4, 0.5) is 11.4 Å². The maximum Gasteiger partial charge on any atom is 0.271 e. The number of amides is 1. The monoisotopic (exact) mass is 375 g/mol. The van der Waals surface area contributed by atoms with E-state index in [1.54, 1.807) is 30.6 Å². The lowest BCUT2D eigenvalue weighted by atomic mass is 10.3. The summed E-state index contributed by atoms with van der Waals surface area (Å²) in [7, 11) is 0. The molecule has 0 aliphatic rings. The Balaban J connectivity index is 2.00. The molecule has 3 rings (SSSR count). The third-order valence-electron chi connectivity index (χ3n) is 3.26. The van der Waals surface area contributed by atoms with Crippen molar-refractivity contribution >= 4 is 40.5 Å². The van der Waals surface area contributed by atoms with Crippen LogP contribution < -0.4 is 11.1 Å². The summed E-state index contributed by atoms with van der Waals surface area (Å²) < 4.78 is 2.83. The maximum atomic E-state index is 11.7. The normalized spacial score (nSPS) is 10.4. The molecule has 0 saturated heterocycles. The van der Waals surface area contributed by atoms with Gasteiger partial charge in [-0.15, -0.1) is 0 Å². The Morgan fingerprint density at radius 3 is 2.68 bits per heavy atom. The van der Waals surface area contributed by atoms with Gasteiger partial charge in [0.2, 0.25) is 0 Å². The minimum Gasteiger partial charge on any atom is -0.364 e. The highest BCUT2D eigenvalue weighted by molar-refractivity contribution is 6.37. The summed E-state index contributed by atoms with van der Waals surface area (Å²) >= 11 is 12.4. The zero-order valence-corrected chi connectivity index (χ0v) is 14.2. The summed E-state index contributed by atoms with van der Waals surface area (Å²) in [6.45, 7) is 0.110. The fourth-order valence-corrected chi connectivity index (χ4v) is 2.78. The molecule has 10 heteroatoms. The molecule has 0 aliphatic heterocycles. The first-order valence-corrected chi connectivity index (χ1v) is 7.75. The molecule has 25 heavy (non-hydrogen) atoms. The average molecular weight is 376 g/mol. The standard InChI is InChI=1S/C15H11Cl2N7O/c16-10-2-1-3-11(17)14(10)24-8-12(13(22-24)15(19)25)21-9-6-20-23(7-9)5-4-18/h1-3,6-8,21H,5H2,(H2,19,25). The van der Waals surface area contributed by atoms with E-state index in [4.69, 9.17) is 34.2 Å². The van der Waals surface area contributed by atoms with Crippen LogP contribution in [-0.2, 0) is 6.54 Å². The third kappa shape index (κ3) is 3.42. The first kappa shape index (κ1) is 16.8. The number of carbonyl (C=O) groups excluding carboxylic acids is 1. The van der Waals surface area contributed by atoms with Crippen molar-refractivity contribution in [3.05, 3.63) is 52.5 Å². The molecule has 0 atom stereocenters. The number of halogens is 2. The molecular weight excluding hydrogens is 365 g/mol. The highest BCUT2D eigenvalue weighted by Gasteiger charge is 2.18. The number of benzene rings is 1. The van der Waals surface area contributed by atoms with Crippen molar-refractivity contribution in [2.24, 2.45) is 5.73 Å². The molecule has 2 heterocycles. The van der Waals surface area contributed by atoms with Crippen LogP contribution in [-0.4, -0.2) is 25.5 Å². The zero-order chi connectivity index (χ0) is 18.0. The van der Waals surface area contributed by atoms with E-state index in [0.29, 0.717) is 27.1 Å². The number of anilines is 2. The highest BCUT2D eigenvalue weighted by Crippen LogP contribution is 2.30. The molecule has 0 spiro atoms. The molecule has 0 radical (unpaired) electrons. The van der Waals surface area contributed by atoms with Crippen LogP contribution in [0.1, 0.15) is 10.5 Å². The van der Waals surface area contributed by atoms with Gasteiger partial charge in [-0.1, -0.05) is 29.3 Å². The van der Waals surface area contributed by atoms with E-state index in [-0.39, 0.29) is 12.2 Å². The number of rotatable bonds is 5. The fourth-order valence-electron chi connectivity index (χ4n) is 2.21. The van der Waals surface area contributed by atoms with Crippen LogP contribution in [0.2, 0.25) is 10.0 Å². The number of para-hydroxylation sites is 1. The van der Waals surface area contributed by atoms with Gasteiger partial charge in [0.25, 0.3) is 5.91 Å². The number of primary amides is 1. The van der Waals surface area contributed by atoms with Crippen LogP contribution in [0.15, 0.2) is 36.8 Å². The van der Waals surface area contributed by atoms with Gasteiger partial charge in [-0.25, -0.2) is 4.68 Å². The molecule has 8 nitrogen and oxygen atoms in total. The van der Waals surface area contributed by atoms with E-state index in [0.717, 1.165) is 0 Å².